The van der Waals surface area contributed by atoms with Crippen LogP contribution in [0.3, 0.4) is 0 Å². The molecular formula is C18H13F2NS2. The highest BCUT2D eigenvalue weighted by Gasteiger charge is 2.18. The van der Waals surface area contributed by atoms with Crippen LogP contribution in [0.2, 0.25) is 0 Å². The normalized spacial score (nSPS) is 14.2. The van der Waals surface area contributed by atoms with Crippen LogP contribution in [-0.4, -0.2) is 5.16 Å². The van der Waals surface area contributed by atoms with Gasteiger partial charge in [0.25, 0.3) is 0 Å². The first kappa shape index (κ1) is 16.0. The molecule has 1 aliphatic rings. The molecule has 1 aromatic carbocycles. The summed E-state index contributed by atoms with van der Waals surface area (Å²) in [6.45, 7) is 0. The summed E-state index contributed by atoms with van der Waals surface area (Å²) in [5.74, 6) is 4.98. The van der Waals surface area contributed by atoms with Crippen LogP contribution < -0.4 is 0 Å². The Labute approximate surface area is 143 Å². The zero-order valence-electron chi connectivity index (χ0n) is 12.2. The van der Waals surface area contributed by atoms with Crippen LogP contribution in [0.4, 0.5) is 14.5 Å². The third kappa shape index (κ3) is 3.73. The van der Waals surface area contributed by atoms with Crippen LogP contribution in [0.15, 0.2) is 29.3 Å². The molecule has 1 nitrogen and oxygen atoms in total. The lowest BCUT2D eigenvalue weighted by Crippen LogP contribution is -1.87. The van der Waals surface area contributed by atoms with Gasteiger partial charge in [0.15, 0.2) is 5.82 Å². The van der Waals surface area contributed by atoms with Gasteiger partial charge in [-0.1, -0.05) is 24.7 Å². The number of hydrogen-bond donors (Lipinski definition) is 0. The van der Waals surface area contributed by atoms with Crippen LogP contribution in [0.5, 0.6) is 0 Å². The minimum atomic E-state index is -0.661. The number of thiocarbonyl (C=S) groups is 1. The van der Waals surface area contributed by atoms with E-state index in [0.29, 0.717) is 5.92 Å². The van der Waals surface area contributed by atoms with E-state index in [4.69, 9.17) is 0 Å². The van der Waals surface area contributed by atoms with E-state index in [1.54, 1.807) is 11.3 Å². The summed E-state index contributed by atoms with van der Waals surface area (Å²) in [6, 6.07) is 6.07. The van der Waals surface area contributed by atoms with Gasteiger partial charge in [-0.3, -0.25) is 0 Å². The first-order valence-corrected chi connectivity index (χ1v) is 8.58. The van der Waals surface area contributed by atoms with Crippen LogP contribution in [0.1, 0.15) is 46.9 Å². The Balaban J connectivity index is 1.84. The lowest BCUT2D eigenvalue weighted by molar-refractivity contribution is 0.599. The Kier molecular flexibility index (Phi) is 4.97. The molecule has 1 heterocycles. The molecule has 5 heteroatoms. The van der Waals surface area contributed by atoms with E-state index >= 15 is 0 Å². The Bertz CT molecular complexity index is 832. The van der Waals surface area contributed by atoms with Crippen molar-refractivity contribution in [3.05, 3.63) is 51.2 Å². The molecule has 1 aliphatic carbocycles. The van der Waals surface area contributed by atoms with E-state index in [2.05, 4.69) is 35.1 Å². The van der Waals surface area contributed by atoms with Crippen molar-refractivity contribution in [2.75, 3.05) is 0 Å². The molecule has 0 aliphatic heterocycles. The first-order valence-electron chi connectivity index (χ1n) is 7.36. The number of thiophene rings is 1. The number of benzene rings is 1. The maximum Gasteiger partial charge on any atom is 0.151 e. The maximum atomic E-state index is 13.9. The van der Waals surface area contributed by atoms with Crippen molar-refractivity contribution >= 4 is 34.4 Å². The van der Waals surface area contributed by atoms with E-state index in [9.17, 15) is 8.78 Å². The zero-order valence-corrected chi connectivity index (χ0v) is 13.9. The lowest BCUT2D eigenvalue weighted by Gasteiger charge is -2.03. The SMILES string of the molecule is Fc1cc(N=C=S)c(F)cc1C#Cc1ccc(C2CCCC2)s1. The van der Waals surface area contributed by atoms with E-state index in [1.165, 1.54) is 30.6 Å². The third-order valence-corrected chi connectivity index (χ3v) is 5.16. The van der Waals surface area contributed by atoms with Gasteiger partial charge in [0, 0.05) is 10.9 Å². The van der Waals surface area contributed by atoms with Crippen LogP contribution in [-0.2, 0) is 0 Å². The summed E-state index contributed by atoms with van der Waals surface area (Å²) in [4.78, 5) is 5.68. The van der Waals surface area contributed by atoms with Crippen molar-refractivity contribution in [1.29, 1.82) is 0 Å². The molecule has 0 radical (unpaired) electrons. The van der Waals surface area contributed by atoms with Gasteiger partial charge in [-0.15, -0.1) is 11.3 Å². The monoisotopic (exact) mass is 345 g/mol. The van der Waals surface area contributed by atoms with Gasteiger partial charge >= 0.3 is 0 Å². The van der Waals surface area contributed by atoms with Gasteiger partial charge in [0.2, 0.25) is 0 Å². The van der Waals surface area contributed by atoms with E-state index in [-0.39, 0.29) is 11.3 Å². The minimum Gasteiger partial charge on any atom is -0.206 e. The fourth-order valence-corrected chi connectivity index (χ4v) is 3.87. The van der Waals surface area contributed by atoms with Crippen molar-refractivity contribution < 1.29 is 8.78 Å². The highest BCUT2D eigenvalue weighted by Crippen LogP contribution is 2.37. The fraction of sp³-hybridized carbons (Fsp3) is 0.278. The average molecular weight is 345 g/mol. The summed E-state index contributed by atoms with van der Waals surface area (Å²) in [5.41, 5.74) is -0.149. The number of halogens is 2. The second kappa shape index (κ2) is 7.14. The smallest absolute Gasteiger partial charge is 0.151 e. The number of aliphatic imine (C=N–C) groups is 1. The van der Waals surface area contributed by atoms with E-state index in [0.717, 1.165) is 17.0 Å². The minimum absolute atomic E-state index is 0.0154. The summed E-state index contributed by atoms with van der Waals surface area (Å²) < 4.78 is 27.7. The Morgan fingerprint density at radius 1 is 1.09 bits per heavy atom. The summed E-state index contributed by atoms with van der Waals surface area (Å²) >= 11 is 6.04. The standard InChI is InChI=1S/C18H13F2NS2/c19-15-10-17(21-11-22)16(20)9-13(15)5-6-14-7-8-18(23-14)12-3-1-2-4-12/h7-10,12H,1-4H2. The third-order valence-electron chi connectivity index (χ3n) is 3.91. The number of rotatable bonds is 2. The molecule has 23 heavy (non-hydrogen) atoms. The molecule has 1 saturated carbocycles. The first-order chi connectivity index (χ1) is 11.2. The molecule has 0 saturated heterocycles. The van der Waals surface area contributed by atoms with Crippen molar-refractivity contribution in [1.82, 2.24) is 0 Å². The van der Waals surface area contributed by atoms with Crippen molar-refractivity contribution in [2.45, 2.75) is 31.6 Å². The molecule has 0 amide bonds. The van der Waals surface area contributed by atoms with Crippen LogP contribution in [0, 0.1) is 23.5 Å². The van der Waals surface area contributed by atoms with Gasteiger partial charge in [-0.05, 0) is 49.2 Å². The predicted octanol–water partition coefficient (Wildman–Crippen LogP) is 5.82. The van der Waals surface area contributed by atoms with Crippen molar-refractivity contribution in [2.24, 2.45) is 4.99 Å². The van der Waals surface area contributed by atoms with Gasteiger partial charge < -0.3 is 0 Å². The molecule has 1 aromatic heterocycles. The quantitative estimate of drug-likeness (QED) is 0.380. The molecule has 0 spiro atoms. The Hall–Kier alpha value is -1.86. The molecular weight excluding hydrogens is 332 g/mol. The topological polar surface area (TPSA) is 12.4 Å². The average Bonchev–Trinajstić information content (AvgIpc) is 3.20. The van der Waals surface area contributed by atoms with Gasteiger partial charge in [-0.25, -0.2) is 8.78 Å². The molecule has 2 aromatic rings. The van der Waals surface area contributed by atoms with E-state index in [1.807, 2.05) is 11.2 Å². The van der Waals surface area contributed by atoms with Crippen molar-refractivity contribution in [3.63, 3.8) is 0 Å². The number of hydrogen-bond acceptors (Lipinski definition) is 3. The largest absolute Gasteiger partial charge is 0.206 e. The fourth-order valence-electron chi connectivity index (χ4n) is 2.75. The molecule has 0 unspecified atom stereocenters. The van der Waals surface area contributed by atoms with Gasteiger partial charge in [0.1, 0.15) is 11.5 Å². The molecule has 116 valence electrons. The zero-order chi connectivity index (χ0) is 16.2. The van der Waals surface area contributed by atoms with Crippen LogP contribution >= 0.6 is 23.6 Å². The Morgan fingerprint density at radius 3 is 2.61 bits per heavy atom. The summed E-state index contributed by atoms with van der Waals surface area (Å²) in [5, 5.41) is 2.03. The highest BCUT2D eigenvalue weighted by atomic mass is 32.1. The van der Waals surface area contributed by atoms with Gasteiger partial charge in [-0.2, -0.15) is 4.99 Å². The number of isothiocyanates is 1. The summed E-state index contributed by atoms with van der Waals surface area (Å²) in [6.07, 6.45) is 5.03. The highest BCUT2D eigenvalue weighted by molar-refractivity contribution is 7.78. The van der Waals surface area contributed by atoms with Gasteiger partial charge in [0.05, 0.1) is 15.6 Å². The maximum absolute atomic E-state index is 13.9. The second-order valence-corrected chi connectivity index (χ2v) is 6.72. The summed E-state index contributed by atoms with van der Waals surface area (Å²) in [7, 11) is 0. The molecule has 0 atom stereocenters. The predicted molar refractivity (Wildman–Crippen MR) is 92.6 cm³/mol. The van der Waals surface area contributed by atoms with E-state index < -0.39 is 11.6 Å². The molecule has 1 fully saturated rings. The second-order valence-electron chi connectivity index (χ2n) is 5.42. The van der Waals surface area contributed by atoms with Crippen molar-refractivity contribution in [3.8, 4) is 11.8 Å². The Morgan fingerprint density at radius 2 is 1.87 bits per heavy atom. The lowest BCUT2D eigenvalue weighted by atomic mass is 10.1. The molecule has 3 rings (SSSR count). The molecule has 0 N–H and O–H groups in total. The van der Waals surface area contributed by atoms with Crippen LogP contribution in [0.25, 0.3) is 0 Å². The number of nitrogens with zero attached hydrogens (tertiary/aromatic N) is 1. The molecule has 0 bridgehead atoms.